The Morgan fingerprint density at radius 2 is 2.16 bits per heavy atom. The predicted molar refractivity (Wildman–Crippen MR) is 74.5 cm³/mol. The molecule has 0 aromatic heterocycles. The van der Waals surface area contributed by atoms with Crippen LogP contribution >= 0.6 is 11.6 Å². The van der Waals surface area contributed by atoms with Crippen LogP contribution in [-0.4, -0.2) is 27.2 Å². The topological polar surface area (TPSA) is 98.5 Å². The molecule has 0 amide bonds. The molecule has 0 saturated carbocycles. The number of rotatable bonds is 6. The van der Waals surface area contributed by atoms with E-state index < -0.39 is 16.0 Å². The molecule has 0 aliphatic heterocycles. The lowest BCUT2D eigenvalue weighted by Crippen LogP contribution is -2.17. The summed E-state index contributed by atoms with van der Waals surface area (Å²) in [6.45, 7) is 0. The maximum Gasteiger partial charge on any atom is 0.305 e. The Bertz CT molecular complexity index is 560. The summed E-state index contributed by atoms with van der Waals surface area (Å²) < 4.78 is 30.2. The highest BCUT2D eigenvalue weighted by Crippen LogP contribution is 2.23. The summed E-state index contributed by atoms with van der Waals surface area (Å²) in [7, 11) is -2.27. The van der Waals surface area contributed by atoms with E-state index in [2.05, 4.69) is 9.46 Å². The minimum atomic E-state index is -3.53. The van der Waals surface area contributed by atoms with Crippen molar-refractivity contribution in [3.8, 4) is 0 Å². The van der Waals surface area contributed by atoms with Crippen LogP contribution < -0.4 is 10.5 Å². The van der Waals surface area contributed by atoms with E-state index in [1.165, 1.54) is 25.3 Å². The van der Waals surface area contributed by atoms with Gasteiger partial charge in [0.05, 0.1) is 29.3 Å². The minimum Gasteiger partial charge on any atom is -0.469 e. The van der Waals surface area contributed by atoms with Crippen molar-refractivity contribution in [1.29, 1.82) is 0 Å². The van der Waals surface area contributed by atoms with Crippen molar-refractivity contribution >= 4 is 39.0 Å². The first-order chi connectivity index (χ1) is 8.84. The fraction of sp³-hybridized carbons (Fsp3) is 0.364. The summed E-state index contributed by atoms with van der Waals surface area (Å²) in [5.74, 6) is -0.616. The van der Waals surface area contributed by atoms with Crippen LogP contribution in [0.25, 0.3) is 0 Å². The van der Waals surface area contributed by atoms with Gasteiger partial charge in [-0.1, -0.05) is 11.6 Å². The van der Waals surface area contributed by atoms with Gasteiger partial charge in [0.15, 0.2) is 0 Å². The van der Waals surface area contributed by atoms with Crippen molar-refractivity contribution in [2.45, 2.75) is 12.8 Å². The van der Waals surface area contributed by atoms with E-state index in [1.54, 1.807) is 0 Å². The van der Waals surface area contributed by atoms with E-state index in [-0.39, 0.29) is 23.6 Å². The van der Waals surface area contributed by atoms with Crippen LogP contribution in [0.5, 0.6) is 0 Å². The van der Waals surface area contributed by atoms with Gasteiger partial charge in [0.1, 0.15) is 0 Å². The zero-order valence-corrected chi connectivity index (χ0v) is 11.9. The first kappa shape index (κ1) is 15.6. The molecular weight excluding hydrogens is 292 g/mol. The first-order valence-electron chi connectivity index (χ1n) is 5.46. The van der Waals surface area contributed by atoms with E-state index in [0.29, 0.717) is 11.4 Å². The van der Waals surface area contributed by atoms with Crippen LogP contribution in [-0.2, 0) is 19.6 Å². The molecule has 1 aromatic carbocycles. The number of methoxy groups -OCH3 is 1. The number of nitrogens with one attached hydrogen (secondary N) is 1. The standard InChI is InChI=1S/C11H15ClN2O4S/c1-18-11(15)3-2-6-19(16,17)14-8-4-5-10(13)9(12)7-8/h4-5,7,14H,2-3,6,13H2,1H3. The molecule has 0 atom stereocenters. The quantitative estimate of drug-likeness (QED) is 0.614. The fourth-order valence-electron chi connectivity index (χ4n) is 1.33. The highest BCUT2D eigenvalue weighted by atomic mass is 35.5. The second kappa shape index (κ2) is 6.63. The molecule has 0 radical (unpaired) electrons. The number of esters is 1. The van der Waals surface area contributed by atoms with Crippen LogP contribution in [0.3, 0.4) is 0 Å². The van der Waals surface area contributed by atoms with E-state index >= 15 is 0 Å². The highest BCUT2D eigenvalue weighted by Gasteiger charge is 2.12. The summed E-state index contributed by atoms with van der Waals surface area (Å²) in [6.07, 6.45) is 0.241. The Balaban J connectivity index is 2.59. The second-order valence-corrected chi connectivity index (χ2v) is 6.09. The maximum absolute atomic E-state index is 11.7. The van der Waals surface area contributed by atoms with Crippen LogP contribution in [0.4, 0.5) is 11.4 Å². The molecule has 0 bridgehead atoms. The van der Waals surface area contributed by atoms with Gasteiger partial charge in [0.2, 0.25) is 10.0 Å². The number of sulfonamides is 1. The second-order valence-electron chi connectivity index (χ2n) is 3.84. The van der Waals surface area contributed by atoms with Gasteiger partial charge < -0.3 is 10.5 Å². The van der Waals surface area contributed by atoms with Crippen molar-refractivity contribution in [1.82, 2.24) is 0 Å². The number of nitrogen functional groups attached to an aromatic ring is 1. The Morgan fingerprint density at radius 3 is 2.74 bits per heavy atom. The maximum atomic E-state index is 11.7. The molecule has 1 rings (SSSR count). The van der Waals surface area contributed by atoms with Gasteiger partial charge in [-0.05, 0) is 24.6 Å². The molecular formula is C11H15ClN2O4S. The third kappa shape index (κ3) is 5.35. The Morgan fingerprint density at radius 1 is 1.47 bits per heavy atom. The van der Waals surface area contributed by atoms with Crippen molar-refractivity contribution in [2.75, 3.05) is 23.3 Å². The van der Waals surface area contributed by atoms with Gasteiger partial charge in [-0.3, -0.25) is 9.52 Å². The van der Waals surface area contributed by atoms with Gasteiger partial charge in [0.25, 0.3) is 0 Å². The number of nitrogens with two attached hydrogens (primary N) is 1. The number of halogens is 1. The van der Waals surface area contributed by atoms with Gasteiger partial charge in [0, 0.05) is 6.42 Å². The number of anilines is 2. The van der Waals surface area contributed by atoms with Gasteiger partial charge >= 0.3 is 5.97 Å². The summed E-state index contributed by atoms with van der Waals surface area (Å²) in [6, 6.07) is 4.45. The molecule has 3 N–H and O–H groups in total. The fourth-order valence-corrected chi connectivity index (χ4v) is 2.62. The highest BCUT2D eigenvalue weighted by molar-refractivity contribution is 7.92. The molecule has 19 heavy (non-hydrogen) atoms. The SMILES string of the molecule is COC(=O)CCCS(=O)(=O)Nc1ccc(N)c(Cl)c1. The Labute approximate surface area is 116 Å². The van der Waals surface area contributed by atoms with E-state index in [4.69, 9.17) is 17.3 Å². The zero-order valence-electron chi connectivity index (χ0n) is 10.3. The largest absolute Gasteiger partial charge is 0.469 e. The van der Waals surface area contributed by atoms with E-state index in [1.807, 2.05) is 0 Å². The smallest absolute Gasteiger partial charge is 0.305 e. The van der Waals surface area contributed by atoms with E-state index in [9.17, 15) is 13.2 Å². The number of carbonyl (C=O) groups is 1. The summed E-state index contributed by atoms with van der Waals surface area (Å²) in [5, 5.41) is 0.273. The first-order valence-corrected chi connectivity index (χ1v) is 7.49. The third-order valence-electron chi connectivity index (χ3n) is 2.30. The van der Waals surface area contributed by atoms with Crippen LogP contribution in [0.1, 0.15) is 12.8 Å². The van der Waals surface area contributed by atoms with Crippen molar-refractivity contribution in [3.63, 3.8) is 0 Å². The lowest BCUT2D eigenvalue weighted by molar-refractivity contribution is -0.140. The molecule has 0 heterocycles. The van der Waals surface area contributed by atoms with Crippen molar-refractivity contribution in [2.24, 2.45) is 0 Å². The molecule has 0 aliphatic rings. The zero-order chi connectivity index (χ0) is 14.5. The summed E-state index contributed by atoms with van der Waals surface area (Å²) in [5.41, 5.74) is 6.22. The monoisotopic (exact) mass is 306 g/mol. The van der Waals surface area contributed by atoms with Crippen LogP contribution in [0.2, 0.25) is 5.02 Å². The molecule has 1 aromatic rings. The number of benzene rings is 1. The Hall–Kier alpha value is -1.47. The molecule has 6 nitrogen and oxygen atoms in total. The lowest BCUT2D eigenvalue weighted by Gasteiger charge is -2.08. The van der Waals surface area contributed by atoms with Crippen molar-refractivity contribution in [3.05, 3.63) is 23.2 Å². The summed E-state index contributed by atoms with van der Waals surface area (Å²) in [4.78, 5) is 10.9. The third-order valence-corrected chi connectivity index (χ3v) is 4.00. The van der Waals surface area contributed by atoms with Crippen molar-refractivity contribution < 1.29 is 17.9 Å². The summed E-state index contributed by atoms with van der Waals surface area (Å²) >= 11 is 5.79. The van der Waals surface area contributed by atoms with Crippen LogP contribution in [0.15, 0.2) is 18.2 Å². The van der Waals surface area contributed by atoms with E-state index in [0.717, 1.165) is 0 Å². The van der Waals surface area contributed by atoms with Crippen LogP contribution in [0, 0.1) is 0 Å². The number of carbonyl (C=O) groups excluding carboxylic acids is 1. The molecule has 8 heteroatoms. The Kier molecular flexibility index (Phi) is 5.44. The molecule has 0 saturated heterocycles. The average molecular weight is 307 g/mol. The number of hydrogen-bond donors (Lipinski definition) is 2. The van der Waals surface area contributed by atoms with Gasteiger partial charge in [-0.2, -0.15) is 0 Å². The minimum absolute atomic E-state index is 0.0555. The molecule has 106 valence electrons. The predicted octanol–water partition coefficient (Wildman–Crippen LogP) is 1.62. The normalized spacial score (nSPS) is 11.1. The molecule has 0 aliphatic carbocycles. The van der Waals surface area contributed by atoms with Gasteiger partial charge in [-0.15, -0.1) is 0 Å². The number of ether oxygens (including phenoxy) is 1. The average Bonchev–Trinajstić information content (AvgIpc) is 2.33. The molecule has 0 spiro atoms. The van der Waals surface area contributed by atoms with Gasteiger partial charge in [-0.25, -0.2) is 8.42 Å². The molecule has 0 unspecified atom stereocenters. The number of hydrogen-bond acceptors (Lipinski definition) is 5. The lowest BCUT2D eigenvalue weighted by atomic mass is 10.3. The molecule has 0 fully saturated rings.